The third-order valence-electron chi connectivity index (χ3n) is 4.19. The molecule has 0 aromatic heterocycles. The summed E-state index contributed by atoms with van der Waals surface area (Å²) < 4.78 is 0. The lowest BCUT2D eigenvalue weighted by molar-refractivity contribution is -0.134. The Bertz CT molecular complexity index is 778. The summed E-state index contributed by atoms with van der Waals surface area (Å²) in [7, 11) is 0. The SMILES string of the molecule is Clc1ccc(N2CCNC[C@@H]2Cc2ccccc2)cc1.O=C(O)C=CC(=O)O. The Morgan fingerprint density at radius 3 is 2.21 bits per heavy atom. The molecule has 0 unspecified atom stereocenters. The van der Waals surface area contributed by atoms with Crippen LogP contribution in [0.5, 0.6) is 0 Å². The molecule has 0 aliphatic carbocycles. The number of hydrogen-bond donors (Lipinski definition) is 3. The van der Waals surface area contributed by atoms with Gasteiger partial charge in [0.05, 0.1) is 0 Å². The van der Waals surface area contributed by atoms with Crippen LogP contribution in [-0.2, 0) is 16.0 Å². The molecule has 0 saturated carbocycles. The molecular weight excluding hydrogens is 380 g/mol. The van der Waals surface area contributed by atoms with Crippen molar-refractivity contribution in [2.75, 3.05) is 24.5 Å². The number of aliphatic carboxylic acids is 2. The summed E-state index contributed by atoms with van der Waals surface area (Å²) >= 11 is 5.99. The molecule has 2 aromatic rings. The number of nitrogens with zero attached hydrogens (tertiary/aromatic N) is 1. The highest BCUT2D eigenvalue weighted by atomic mass is 35.5. The van der Waals surface area contributed by atoms with Crippen LogP contribution in [0.4, 0.5) is 5.69 Å². The van der Waals surface area contributed by atoms with Crippen LogP contribution in [0, 0.1) is 0 Å². The van der Waals surface area contributed by atoms with Crippen molar-refractivity contribution in [2.24, 2.45) is 0 Å². The van der Waals surface area contributed by atoms with E-state index in [9.17, 15) is 9.59 Å². The van der Waals surface area contributed by atoms with Crippen molar-refractivity contribution in [3.8, 4) is 0 Å². The van der Waals surface area contributed by atoms with Gasteiger partial charge in [-0.25, -0.2) is 9.59 Å². The smallest absolute Gasteiger partial charge is 0.328 e. The number of carbonyl (C=O) groups is 2. The second-order valence-electron chi connectivity index (χ2n) is 6.23. The zero-order valence-electron chi connectivity index (χ0n) is 15.3. The van der Waals surface area contributed by atoms with Gasteiger partial charge in [-0.1, -0.05) is 41.9 Å². The topological polar surface area (TPSA) is 89.9 Å². The van der Waals surface area contributed by atoms with Crippen molar-refractivity contribution in [2.45, 2.75) is 12.5 Å². The van der Waals surface area contributed by atoms with E-state index < -0.39 is 11.9 Å². The van der Waals surface area contributed by atoms with Crippen molar-refractivity contribution in [1.29, 1.82) is 0 Å². The normalized spacial score (nSPS) is 16.3. The molecule has 1 saturated heterocycles. The van der Waals surface area contributed by atoms with E-state index in [4.69, 9.17) is 21.8 Å². The third kappa shape index (κ3) is 7.42. The maximum atomic E-state index is 9.55. The highest BCUT2D eigenvalue weighted by Crippen LogP contribution is 2.22. The Balaban J connectivity index is 0.000000300. The van der Waals surface area contributed by atoms with Gasteiger partial charge in [0.25, 0.3) is 0 Å². The van der Waals surface area contributed by atoms with E-state index in [1.165, 1.54) is 11.3 Å². The van der Waals surface area contributed by atoms with Gasteiger partial charge in [0.2, 0.25) is 0 Å². The molecule has 0 bridgehead atoms. The van der Waals surface area contributed by atoms with E-state index in [2.05, 4.69) is 52.7 Å². The van der Waals surface area contributed by atoms with Crippen LogP contribution in [-0.4, -0.2) is 47.8 Å². The fourth-order valence-electron chi connectivity index (χ4n) is 2.94. The fraction of sp³-hybridized carbons (Fsp3) is 0.238. The van der Waals surface area contributed by atoms with Gasteiger partial charge >= 0.3 is 11.9 Å². The van der Waals surface area contributed by atoms with E-state index in [-0.39, 0.29) is 0 Å². The summed E-state index contributed by atoms with van der Waals surface area (Å²) in [5, 5.41) is 19.9. The second kappa shape index (κ2) is 11.1. The Morgan fingerprint density at radius 2 is 1.64 bits per heavy atom. The molecule has 0 amide bonds. The highest BCUT2D eigenvalue weighted by molar-refractivity contribution is 6.30. The lowest BCUT2D eigenvalue weighted by Crippen LogP contribution is -2.52. The molecule has 6 nitrogen and oxygen atoms in total. The fourth-order valence-corrected chi connectivity index (χ4v) is 3.07. The van der Waals surface area contributed by atoms with E-state index in [1.807, 2.05) is 12.1 Å². The van der Waals surface area contributed by atoms with Gasteiger partial charge in [-0.2, -0.15) is 0 Å². The molecule has 148 valence electrons. The lowest BCUT2D eigenvalue weighted by Gasteiger charge is -2.38. The first-order chi connectivity index (χ1) is 13.5. The first-order valence-corrected chi connectivity index (χ1v) is 9.24. The standard InChI is InChI=1S/C17H19ClN2.C4H4O4/c18-15-6-8-16(9-7-15)20-11-10-19-13-17(20)12-14-4-2-1-3-5-14;5-3(6)1-2-4(7)8/h1-9,17,19H,10-13H2;1-2H,(H,5,6)(H,7,8)/t17-;/m0./s1. The predicted octanol–water partition coefficient (Wildman–Crippen LogP) is 3.07. The molecule has 1 fully saturated rings. The lowest BCUT2D eigenvalue weighted by atomic mass is 10.0. The molecule has 3 rings (SSSR count). The quantitative estimate of drug-likeness (QED) is 0.666. The van der Waals surface area contributed by atoms with Crippen LogP contribution in [0.1, 0.15) is 5.56 Å². The molecule has 1 aliphatic heterocycles. The zero-order valence-corrected chi connectivity index (χ0v) is 16.0. The molecule has 1 aliphatic rings. The van der Waals surface area contributed by atoms with Crippen LogP contribution in [0.15, 0.2) is 66.7 Å². The number of rotatable bonds is 5. The summed E-state index contributed by atoms with van der Waals surface area (Å²) in [4.78, 5) is 21.6. The van der Waals surface area contributed by atoms with Crippen molar-refractivity contribution in [1.82, 2.24) is 5.32 Å². The summed E-state index contributed by atoms with van der Waals surface area (Å²) in [5.41, 5.74) is 2.65. The van der Waals surface area contributed by atoms with Crippen LogP contribution >= 0.6 is 11.6 Å². The summed E-state index contributed by atoms with van der Waals surface area (Å²) in [6, 6.07) is 19.4. The second-order valence-corrected chi connectivity index (χ2v) is 6.66. The van der Waals surface area contributed by atoms with E-state index in [0.29, 0.717) is 18.2 Å². The summed E-state index contributed by atoms with van der Waals surface area (Å²) in [5.74, 6) is -2.51. The first-order valence-electron chi connectivity index (χ1n) is 8.86. The number of carboxylic acids is 2. The van der Waals surface area contributed by atoms with Crippen molar-refractivity contribution in [3.63, 3.8) is 0 Å². The van der Waals surface area contributed by atoms with E-state index in [1.54, 1.807) is 0 Å². The zero-order chi connectivity index (χ0) is 20.4. The summed E-state index contributed by atoms with van der Waals surface area (Å²) in [6.45, 7) is 3.10. The average Bonchev–Trinajstić information content (AvgIpc) is 2.69. The Labute approximate surface area is 169 Å². The van der Waals surface area contributed by atoms with Crippen LogP contribution < -0.4 is 10.2 Å². The predicted molar refractivity (Wildman–Crippen MR) is 110 cm³/mol. The van der Waals surface area contributed by atoms with E-state index in [0.717, 1.165) is 31.1 Å². The van der Waals surface area contributed by atoms with Crippen molar-refractivity contribution < 1.29 is 19.8 Å². The maximum absolute atomic E-state index is 9.55. The van der Waals surface area contributed by atoms with Gasteiger partial charge in [0, 0.05) is 48.5 Å². The maximum Gasteiger partial charge on any atom is 0.328 e. The largest absolute Gasteiger partial charge is 0.478 e. The molecule has 0 spiro atoms. The minimum atomic E-state index is -1.26. The minimum Gasteiger partial charge on any atom is -0.478 e. The molecule has 1 atom stereocenters. The number of carboxylic acid groups (broad SMARTS) is 2. The Morgan fingerprint density at radius 1 is 1.04 bits per heavy atom. The molecular formula is C21H23ClN2O4. The average molecular weight is 403 g/mol. The van der Waals surface area contributed by atoms with Gasteiger partial charge in [-0.15, -0.1) is 0 Å². The van der Waals surface area contributed by atoms with Gasteiger partial charge in [-0.05, 0) is 36.2 Å². The summed E-state index contributed by atoms with van der Waals surface area (Å²) in [6.07, 6.45) is 2.18. The number of anilines is 1. The number of nitrogens with one attached hydrogen (secondary N) is 1. The minimum absolute atomic E-state index is 0.493. The van der Waals surface area contributed by atoms with E-state index >= 15 is 0 Å². The van der Waals surface area contributed by atoms with Crippen LogP contribution in [0.3, 0.4) is 0 Å². The van der Waals surface area contributed by atoms with Gasteiger partial charge in [0.15, 0.2) is 0 Å². The molecule has 0 radical (unpaired) electrons. The van der Waals surface area contributed by atoms with Gasteiger partial charge < -0.3 is 20.4 Å². The number of piperazine rings is 1. The molecule has 7 heteroatoms. The van der Waals surface area contributed by atoms with Crippen molar-refractivity contribution >= 4 is 29.2 Å². The number of halogens is 1. The van der Waals surface area contributed by atoms with Gasteiger partial charge in [0.1, 0.15) is 0 Å². The molecule has 28 heavy (non-hydrogen) atoms. The van der Waals surface area contributed by atoms with Crippen LogP contribution in [0.25, 0.3) is 0 Å². The third-order valence-corrected chi connectivity index (χ3v) is 4.44. The van der Waals surface area contributed by atoms with Crippen LogP contribution in [0.2, 0.25) is 5.02 Å². The van der Waals surface area contributed by atoms with Gasteiger partial charge in [-0.3, -0.25) is 0 Å². The highest BCUT2D eigenvalue weighted by Gasteiger charge is 2.22. The monoisotopic (exact) mass is 402 g/mol. The number of hydrogen-bond acceptors (Lipinski definition) is 4. The molecule has 2 aromatic carbocycles. The first kappa shape index (κ1) is 21.5. The van der Waals surface area contributed by atoms with Crippen molar-refractivity contribution in [3.05, 3.63) is 77.3 Å². The number of benzene rings is 2. The molecule has 3 N–H and O–H groups in total. The molecule has 1 heterocycles. The Hall–Kier alpha value is -2.83. The Kier molecular flexibility index (Phi) is 8.52.